The summed E-state index contributed by atoms with van der Waals surface area (Å²) in [6.45, 7) is 5.18. The van der Waals surface area contributed by atoms with E-state index in [-0.39, 0.29) is 30.5 Å². The lowest BCUT2D eigenvalue weighted by atomic mass is 10.0. The van der Waals surface area contributed by atoms with E-state index in [1.165, 1.54) is 25.3 Å². The SMILES string of the molecule is C=C[C@@]1(F)CN(C2CCCC2)c2nc(Nc3ccc(C(=O)NC4CCCNC4)cc3OC)ncc2N(C)C1=O. The zero-order chi connectivity index (χ0) is 27.6. The van der Waals surface area contributed by atoms with Crippen LogP contribution in [0.3, 0.4) is 0 Å². The molecule has 0 spiro atoms. The van der Waals surface area contributed by atoms with Gasteiger partial charge in [0.05, 0.1) is 25.5 Å². The number of nitrogens with zero attached hydrogens (tertiary/aromatic N) is 4. The van der Waals surface area contributed by atoms with Gasteiger partial charge in [-0.15, -0.1) is 0 Å². The van der Waals surface area contributed by atoms with Crippen LogP contribution in [0.2, 0.25) is 0 Å². The molecule has 1 aliphatic carbocycles. The third-order valence-corrected chi connectivity index (χ3v) is 7.88. The number of amides is 2. The summed E-state index contributed by atoms with van der Waals surface area (Å²) >= 11 is 0. The first-order valence-corrected chi connectivity index (χ1v) is 13.5. The van der Waals surface area contributed by atoms with E-state index in [1.54, 1.807) is 18.2 Å². The molecule has 208 valence electrons. The van der Waals surface area contributed by atoms with Crippen molar-refractivity contribution in [2.45, 2.75) is 56.3 Å². The number of ether oxygens (including phenoxy) is 1. The number of hydrogen-bond acceptors (Lipinski definition) is 8. The molecule has 39 heavy (non-hydrogen) atoms. The van der Waals surface area contributed by atoms with Gasteiger partial charge in [0.15, 0.2) is 5.82 Å². The first-order chi connectivity index (χ1) is 18.8. The Kier molecular flexibility index (Phi) is 7.69. The van der Waals surface area contributed by atoms with E-state index in [2.05, 4.69) is 27.5 Å². The number of carbonyl (C=O) groups is 2. The summed E-state index contributed by atoms with van der Waals surface area (Å²) < 4.78 is 21.4. The number of aromatic nitrogens is 2. The van der Waals surface area contributed by atoms with Gasteiger partial charge in [0.1, 0.15) is 11.4 Å². The average Bonchev–Trinajstić information content (AvgIpc) is 3.48. The normalized spacial score (nSPS) is 23.7. The van der Waals surface area contributed by atoms with Crippen LogP contribution in [0.1, 0.15) is 48.9 Å². The van der Waals surface area contributed by atoms with Crippen molar-refractivity contribution < 1.29 is 18.7 Å². The first-order valence-electron chi connectivity index (χ1n) is 13.5. The lowest BCUT2D eigenvalue weighted by Gasteiger charge is -2.32. The molecule has 2 aromatic rings. The Balaban J connectivity index is 1.42. The van der Waals surface area contributed by atoms with Gasteiger partial charge < -0.3 is 30.5 Å². The Bertz CT molecular complexity index is 1250. The van der Waals surface area contributed by atoms with E-state index in [4.69, 9.17) is 9.72 Å². The fourth-order valence-electron chi connectivity index (χ4n) is 5.62. The third kappa shape index (κ3) is 5.40. The Morgan fingerprint density at radius 1 is 1.28 bits per heavy atom. The van der Waals surface area contributed by atoms with Crippen molar-refractivity contribution in [1.82, 2.24) is 20.6 Å². The van der Waals surface area contributed by atoms with Gasteiger partial charge in [0, 0.05) is 31.2 Å². The van der Waals surface area contributed by atoms with Gasteiger partial charge in [-0.3, -0.25) is 9.59 Å². The third-order valence-electron chi connectivity index (χ3n) is 7.88. The zero-order valence-electron chi connectivity index (χ0n) is 22.5. The van der Waals surface area contributed by atoms with Gasteiger partial charge in [-0.1, -0.05) is 19.4 Å². The van der Waals surface area contributed by atoms with Crippen molar-refractivity contribution in [2.75, 3.05) is 48.9 Å². The number of benzene rings is 1. The van der Waals surface area contributed by atoms with Crippen molar-refractivity contribution in [1.29, 1.82) is 0 Å². The van der Waals surface area contributed by atoms with Crippen molar-refractivity contribution in [3.63, 3.8) is 0 Å². The number of alkyl halides is 1. The van der Waals surface area contributed by atoms with Crippen LogP contribution in [0.4, 0.5) is 27.5 Å². The summed E-state index contributed by atoms with van der Waals surface area (Å²) in [5.74, 6) is 0.367. The molecule has 1 unspecified atom stereocenters. The largest absolute Gasteiger partial charge is 0.495 e. The molecular weight excluding hydrogens is 501 g/mol. The monoisotopic (exact) mass is 537 g/mol. The highest BCUT2D eigenvalue weighted by Gasteiger charge is 2.46. The molecule has 1 saturated heterocycles. The minimum atomic E-state index is -2.24. The van der Waals surface area contributed by atoms with E-state index in [0.29, 0.717) is 28.5 Å². The number of halogens is 1. The van der Waals surface area contributed by atoms with Crippen LogP contribution in [-0.2, 0) is 4.79 Å². The zero-order valence-corrected chi connectivity index (χ0v) is 22.5. The standard InChI is InChI=1S/C28H36FN7O3/c1-4-28(29)17-36(20-9-5-6-10-20)24-22(35(2)26(28)38)16-31-27(34-24)33-21-12-11-18(14-23(21)39-3)25(37)32-19-8-7-13-30-15-19/h4,11-12,14,16,19-20,30H,1,5-10,13,15,17H2,2-3H3,(H,32,37)(H,31,33,34)/t19?,28-/m1/s1. The molecule has 3 aliphatic rings. The number of fused-ring (bicyclic) bond motifs is 1. The van der Waals surface area contributed by atoms with Crippen LogP contribution in [0.5, 0.6) is 5.75 Å². The maximum absolute atomic E-state index is 15.8. The molecule has 11 heteroatoms. The molecule has 2 atom stereocenters. The summed E-state index contributed by atoms with van der Waals surface area (Å²) in [6, 6.07) is 5.30. The molecule has 2 aliphatic heterocycles. The average molecular weight is 538 g/mol. The summed E-state index contributed by atoms with van der Waals surface area (Å²) in [4.78, 5) is 38.2. The number of nitrogens with one attached hydrogen (secondary N) is 3. The molecule has 5 rings (SSSR count). The second kappa shape index (κ2) is 11.2. The van der Waals surface area contributed by atoms with Crippen LogP contribution in [0, 0.1) is 0 Å². The number of carbonyl (C=O) groups excluding carboxylic acids is 2. The number of anilines is 4. The van der Waals surface area contributed by atoms with E-state index >= 15 is 4.39 Å². The minimum absolute atomic E-state index is 0.0626. The quantitative estimate of drug-likeness (QED) is 0.462. The van der Waals surface area contributed by atoms with Crippen molar-refractivity contribution in [3.05, 3.63) is 42.6 Å². The van der Waals surface area contributed by atoms with Gasteiger partial charge in [0.2, 0.25) is 11.6 Å². The molecule has 1 aromatic heterocycles. The maximum atomic E-state index is 15.8. The van der Waals surface area contributed by atoms with E-state index < -0.39 is 11.6 Å². The predicted molar refractivity (Wildman–Crippen MR) is 149 cm³/mol. The second-order valence-electron chi connectivity index (χ2n) is 10.5. The summed E-state index contributed by atoms with van der Waals surface area (Å²) in [6.07, 6.45) is 8.46. The van der Waals surface area contributed by atoms with Crippen LogP contribution >= 0.6 is 0 Å². The van der Waals surface area contributed by atoms with E-state index in [0.717, 1.165) is 57.7 Å². The lowest BCUT2D eigenvalue weighted by Crippen LogP contribution is -2.49. The minimum Gasteiger partial charge on any atom is -0.495 e. The Hall–Kier alpha value is -3.73. The second-order valence-corrected chi connectivity index (χ2v) is 10.5. The van der Waals surface area contributed by atoms with Crippen LogP contribution in [0.15, 0.2) is 37.1 Å². The van der Waals surface area contributed by atoms with Crippen LogP contribution < -0.4 is 30.5 Å². The van der Waals surface area contributed by atoms with E-state index in [9.17, 15) is 9.59 Å². The lowest BCUT2D eigenvalue weighted by molar-refractivity contribution is -0.126. The Morgan fingerprint density at radius 2 is 2.08 bits per heavy atom. The van der Waals surface area contributed by atoms with Crippen LogP contribution in [-0.4, -0.2) is 73.3 Å². The smallest absolute Gasteiger partial charge is 0.270 e. The molecule has 0 radical (unpaired) electrons. The van der Waals surface area contributed by atoms with Gasteiger partial charge in [0.25, 0.3) is 11.8 Å². The highest BCUT2D eigenvalue weighted by atomic mass is 19.1. The van der Waals surface area contributed by atoms with E-state index in [1.807, 2.05) is 4.90 Å². The number of rotatable bonds is 7. The van der Waals surface area contributed by atoms with Crippen molar-refractivity contribution in [3.8, 4) is 5.75 Å². The fraction of sp³-hybridized carbons (Fsp3) is 0.500. The number of piperidine rings is 1. The molecule has 0 bridgehead atoms. The summed E-state index contributed by atoms with van der Waals surface area (Å²) in [5.41, 5.74) is -0.735. The highest BCUT2D eigenvalue weighted by molar-refractivity contribution is 6.04. The van der Waals surface area contributed by atoms with Gasteiger partial charge in [-0.2, -0.15) is 4.98 Å². The molecule has 3 N–H and O–H groups in total. The summed E-state index contributed by atoms with van der Waals surface area (Å²) in [5, 5.41) is 9.55. The molecule has 3 heterocycles. The predicted octanol–water partition coefficient (Wildman–Crippen LogP) is 3.33. The summed E-state index contributed by atoms with van der Waals surface area (Å²) in [7, 11) is 3.06. The van der Waals surface area contributed by atoms with Crippen molar-refractivity contribution in [2.24, 2.45) is 0 Å². The molecule has 10 nitrogen and oxygen atoms in total. The fourth-order valence-corrected chi connectivity index (χ4v) is 5.62. The molecule has 2 amide bonds. The molecular formula is C28H36FN7O3. The van der Waals surface area contributed by atoms with Crippen LogP contribution in [0.25, 0.3) is 0 Å². The topological polar surface area (TPSA) is 112 Å². The Morgan fingerprint density at radius 3 is 2.77 bits per heavy atom. The van der Waals surface area contributed by atoms with Gasteiger partial charge in [-0.25, -0.2) is 9.37 Å². The highest BCUT2D eigenvalue weighted by Crippen LogP contribution is 2.40. The van der Waals surface area contributed by atoms with Crippen molar-refractivity contribution >= 4 is 35.0 Å². The number of hydrogen-bond donors (Lipinski definition) is 3. The molecule has 1 aromatic carbocycles. The van der Waals surface area contributed by atoms with Gasteiger partial charge >= 0.3 is 0 Å². The number of methoxy groups -OCH3 is 1. The molecule has 1 saturated carbocycles. The Labute approximate surface area is 228 Å². The molecule has 2 fully saturated rings. The maximum Gasteiger partial charge on any atom is 0.270 e. The first kappa shape index (κ1) is 26.9. The van der Waals surface area contributed by atoms with Gasteiger partial charge in [-0.05, 0) is 56.5 Å².